The van der Waals surface area contributed by atoms with Gasteiger partial charge in [-0.25, -0.2) is 4.79 Å². The molecule has 2 aromatic rings. The number of nitrogens with one attached hydrogen (secondary N) is 2. The first-order chi connectivity index (χ1) is 9.95. The summed E-state index contributed by atoms with van der Waals surface area (Å²) in [5.74, 6) is 0.492. The van der Waals surface area contributed by atoms with Crippen LogP contribution in [-0.4, -0.2) is 36.9 Å². The first kappa shape index (κ1) is 15.3. The van der Waals surface area contributed by atoms with Crippen molar-refractivity contribution < 1.29 is 5.11 Å². The highest BCUT2D eigenvalue weighted by molar-refractivity contribution is 5.74. The molecule has 0 fully saturated rings. The molecule has 2 rings (SSSR count). The summed E-state index contributed by atoms with van der Waals surface area (Å²) >= 11 is 0. The maximum atomic E-state index is 12.1. The average molecular weight is 295 g/mol. The van der Waals surface area contributed by atoms with Crippen molar-refractivity contribution in [2.75, 3.05) is 11.9 Å². The number of nitrogens with zero attached hydrogens (tertiary/aromatic N) is 3. The fourth-order valence-electron chi connectivity index (χ4n) is 2.19. The number of aromatic nitrogens is 4. The van der Waals surface area contributed by atoms with Gasteiger partial charge in [-0.1, -0.05) is 13.3 Å². The van der Waals surface area contributed by atoms with Gasteiger partial charge in [-0.2, -0.15) is 4.98 Å². The molecule has 0 bridgehead atoms. The Morgan fingerprint density at radius 2 is 2.14 bits per heavy atom. The van der Waals surface area contributed by atoms with Crippen molar-refractivity contribution in [1.29, 1.82) is 0 Å². The van der Waals surface area contributed by atoms with E-state index >= 15 is 0 Å². The number of aromatic amines is 1. The molecule has 2 aromatic heterocycles. The third-order valence-electron chi connectivity index (χ3n) is 3.27. The number of hydrogen-bond acceptors (Lipinski definition) is 5. The lowest BCUT2D eigenvalue weighted by molar-refractivity contribution is 0.175. The third-order valence-corrected chi connectivity index (χ3v) is 3.27. The van der Waals surface area contributed by atoms with E-state index in [1.165, 1.54) is 4.57 Å². The number of rotatable bonds is 6. The summed E-state index contributed by atoms with van der Waals surface area (Å²) in [6.45, 7) is 4.66. The molecule has 0 saturated heterocycles. The second-order valence-corrected chi connectivity index (χ2v) is 5.17. The van der Waals surface area contributed by atoms with E-state index in [0.29, 0.717) is 18.1 Å². The smallest absolute Gasteiger partial charge is 0.329 e. The Morgan fingerprint density at radius 3 is 2.76 bits per heavy atom. The Bertz CT molecular complexity index is 741. The Morgan fingerprint density at radius 1 is 1.43 bits per heavy atom. The van der Waals surface area contributed by atoms with Crippen molar-refractivity contribution in [3.05, 3.63) is 20.8 Å². The van der Waals surface area contributed by atoms with Crippen LogP contribution < -0.4 is 16.6 Å². The van der Waals surface area contributed by atoms with Crippen LogP contribution >= 0.6 is 0 Å². The highest BCUT2D eigenvalue weighted by Gasteiger charge is 2.17. The van der Waals surface area contributed by atoms with E-state index in [-0.39, 0.29) is 12.1 Å². The van der Waals surface area contributed by atoms with Crippen LogP contribution in [0, 0.1) is 0 Å². The zero-order valence-corrected chi connectivity index (χ0v) is 12.5. The largest absolute Gasteiger partial charge is 0.392 e. The molecule has 0 aromatic carbocycles. The minimum Gasteiger partial charge on any atom is -0.392 e. The van der Waals surface area contributed by atoms with Crippen LogP contribution in [0.1, 0.15) is 26.7 Å². The molecule has 2 heterocycles. The molecule has 0 spiro atoms. The topological polar surface area (TPSA) is 105 Å². The monoisotopic (exact) mass is 295 g/mol. The maximum Gasteiger partial charge on any atom is 0.329 e. The lowest BCUT2D eigenvalue weighted by Gasteiger charge is -2.11. The van der Waals surface area contributed by atoms with Gasteiger partial charge in [0.05, 0.1) is 12.6 Å². The quantitative estimate of drug-likeness (QED) is 0.651. The first-order valence-electron chi connectivity index (χ1n) is 7.07. The molecule has 8 heteroatoms. The number of aryl methyl sites for hydroxylation is 1. The molecule has 3 N–H and O–H groups in total. The van der Waals surface area contributed by atoms with Crippen LogP contribution in [0.4, 0.5) is 5.95 Å². The van der Waals surface area contributed by atoms with Crippen molar-refractivity contribution in [3.63, 3.8) is 0 Å². The standard InChI is InChI=1S/C13H21N5O3/c1-4-5-6-14-12-15-10-9(18(12)7-8(2)19)11(20)16-13(21)17(10)3/h8,19H,4-7H2,1-3H3,(H,14,15)(H,16,20,21). The van der Waals surface area contributed by atoms with Crippen molar-refractivity contribution in [3.8, 4) is 0 Å². The van der Waals surface area contributed by atoms with Crippen molar-refractivity contribution in [2.24, 2.45) is 7.05 Å². The molecule has 0 saturated carbocycles. The van der Waals surface area contributed by atoms with Gasteiger partial charge in [-0.3, -0.25) is 14.3 Å². The highest BCUT2D eigenvalue weighted by Crippen LogP contribution is 2.16. The van der Waals surface area contributed by atoms with Gasteiger partial charge in [0, 0.05) is 13.6 Å². The molecular formula is C13H21N5O3. The number of aliphatic hydroxyl groups is 1. The van der Waals surface area contributed by atoms with E-state index in [1.54, 1.807) is 18.5 Å². The van der Waals surface area contributed by atoms with Crippen LogP contribution in [0.2, 0.25) is 0 Å². The Labute approximate surface area is 121 Å². The molecule has 1 unspecified atom stereocenters. The summed E-state index contributed by atoms with van der Waals surface area (Å²) in [5, 5.41) is 12.8. The number of unbranched alkanes of at least 4 members (excludes halogenated alkanes) is 1. The minimum atomic E-state index is -0.634. The number of H-pyrrole nitrogens is 1. The van der Waals surface area contributed by atoms with Gasteiger partial charge in [0.15, 0.2) is 11.2 Å². The number of hydrogen-bond donors (Lipinski definition) is 3. The fraction of sp³-hybridized carbons (Fsp3) is 0.615. The molecule has 0 aliphatic rings. The molecule has 21 heavy (non-hydrogen) atoms. The molecule has 1 atom stereocenters. The highest BCUT2D eigenvalue weighted by atomic mass is 16.3. The Hall–Kier alpha value is -2.09. The number of aliphatic hydroxyl groups excluding tert-OH is 1. The van der Waals surface area contributed by atoms with Gasteiger partial charge >= 0.3 is 5.69 Å². The fourth-order valence-corrected chi connectivity index (χ4v) is 2.19. The van der Waals surface area contributed by atoms with Crippen molar-refractivity contribution in [2.45, 2.75) is 39.3 Å². The van der Waals surface area contributed by atoms with E-state index < -0.39 is 17.4 Å². The SMILES string of the molecule is CCCCNc1nc2c(c(=O)[nH]c(=O)n2C)n1CC(C)O. The molecule has 0 aliphatic carbocycles. The average Bonchev–Trinajstić information content (AvgIpc) is 2.75. The summed E-state index contributed by atoms with van der Waals surface area (Å²) in [5.41, 5.74) is -0.403. The molecule has 0 radical (unpaired) electrons. The van der Waals surface area contributed by atoms with Gasteiger partial charge < -0.3 is 15.0 Å². The van der Waals surface area contributed by atoms with Crippen molar-refractivity contribution in [1.82, 2.24) is 19.1 Å². The number of imidazole rings is 1. The molecule has 8 nitrogen and oxygen atoms in total. The van der Waals surface area contributed by atoms with Crippen LogP contribution in [0.3, 0.4) is 0 Å². The lowest BCUT2D eigenvalue weighted by atomic mass is 10.3. The summed E-state index contributed by atoms with van der Waals surface area (Å²) in [6, 6.07) is 0. The van der Waals surface area contributed by atoms with E-state index in [4.69, 9.17) is 0 Å². The van der Waals surface area contributed by atoms with Crippen LogP contribution in [0.25, 0.3) is 11.2 Å². The minimum absolute atomic E-state index is 0.228. The van der Waals surface area contributed by atoms with Gasteiger partial charge in [-0.15, -0.1) is 0 Å². The summed E-state index contributed by atoms with van der Waals surface area (Å²) in [7, 11) is 1.55. The first-order valence-corrected chi connectivity index (χ1v) is 7.07. The molecule has 116 valence electrons. The predicted octanol–water partition coefficient (Wildman–Crippen LogP) is 0.0161. The van der Waals surface area contributed by atoms with E-state index in [9.17, 15) is 14.7 Å². The summed E-state index contributed by atoms with van der Waals surface area (Å²) in [4.78, 5) is 30.3. The number of fused-ring (bicyclic) bond motifs is 1. The predicted molar refractivity (Wildman–Crippen MR) is 80.7 cm³/mol. The zero-order chi connectivity index (χ0) is 15.6. The van der Waals surface area contributed by atoms with Gasteiger partial charge in [-0.05, 0) is 13.3 Å². The second-order valence-electron chi connectivity index (χ2n) is 5.17. The number of anilines is 1. The van der Waals surface area contributed by atoms with Crippen LogP contribution in [0.5, 0.6) is 0 Å². The van der Waals surface area contributed by atoms with Gasteiger partial charge in [0.2, 0.25) is 5.95 Å². The lowest BCUT2D eigenvalue weighted by Crippen LogP contribution is -2.29. The Kier molecular flexibility index (Phi) is 4.46. The van der Waals surface area contributed by atoms with Crippen LogP contribution in [-0.2, 0) is 13.6 Å². The molecule has 0 aliphatic heterocycles. The zero-order valence-electron chi connectivity index (χ0n) is 12.5. The molecule has 0 amide bonds. The Balaban J connectivity index is 2.61. The molecular weight excluding hydrogens is 274 g/mol. The van der Waals surface area contributed by atoms with E-state index in [1.807, 2.05) is 0 Å². The van der Waals surface area contributed by atoms with Gasteiger partial charge in [0.25, 0.3) is 5.56 Å². The maximum absolute atomic E-state index is 12.1. The summed E-state index contributed by atoms with van der Waals surface area (Å²) < 4.78 is 2.91. The second kappa shape index (κ2) is 6.13. The van der Waals surface area contributed by atoms with E-state index in [2.05, 4.69) is 22.2 Å². The summed E-state index contributed by atoms with van der Waals surface area (Å²) in [6.07, 6.45) is 1.36. The normalized spacial score (nSPS) is 12.8. The van der Waals surface area contributed by atoms with Gasteiger partial charge in [0.1, 0.15) is 0 Å². The van der Waals surface area contributed by atoms with Crippen LogP contribution in [0.15, 0.2) is 9.59 Å². The van der Waals surface area contributed by atoms with Crippen molar-refractivity contribution >= 4 is 17.1 Å². The third kappa shape index (κ3) is 2.99. The van der Waals surface area contributed by atoms with E-state index in [0.717, 1.165) is 12.8 Å².